The van der Waals surface area contributed by atoms with Crippen LogP contribution >= 0.6 is 12.2 Å². The number of benzene rings is 2. The van der Waals surface area contributed by atoms with Crippen molar-refractivity contribution in [3.63, 3.8) is 0 Å². The molecule has 3 rings (SSSR count). The molecular weight excluding hydrogens is 310 g/mol. The molecule has 2 aromatic carbocycles. The van der Waals surface area contributed by atoms with Crippen molar-refractivity contribution in [3.05, 3.63) is 53.1 Å². The van der Waals surface area contributed by atoms with E-state index in [1.54, 1.807) is 6.21 Å². The summed E-state index contributed by atoms with van der Waals surface area (Å²) in [4.78, 5) is 0. The molecule has 2 aromatic rings. The third-order valence-electron chi connectivity index (χ3n) is 3.41. The van der Waals surface area contributed by atoms with Crippen LogP contribution in [0.4, 0.5) is 5.69 Å². The summed E-state index contributed by atoms with van der Waals surface area (Å²) >= 11 is 5.24. The molecule has 0 spiro atoms. The Bertz CT molecular complexity index is 774. The van der Waals surface area contributed by atoms with Crippen LogP contribution in [0.2, 0.25) is 0 Å². The van der Waals surface area contributed by atoms with Crippen LogP contribution in [-0.2, 0) is 0 Å². The maximum atomic E-state index is 5.33. The number of nitrogens with zero attached hydrogens (tertiary/aromatic N) is 1. The molecule has 1 heterocycles. The minimum absolute atomic E-state index is 0.262. The van der Waals surface area contributed by atoms with Crippen LogP contribution in [-0.4, -0.2) is 18.1 Å². The van der Waals surface area contributed by atoms with Gasteiger partial charge in [0.2, 0.25) is 6.79 Å². The van der Waals surface area contributed by atoms with Crippen molar-refractivity contribution < 1.29 is 9.47 Å². The zero-order chi connectivity index (χ0) is 16.2. The summed E-state index contributed by atoms with van der Waals surface area (Å²) in [6, 6.07) is 11.8. The van der Waals surface area contributed by atoms with Crippen molar-refractivity contribution in [3.8, 4) is 11.5 Å². The largest absolute Gasteiger partial charge is 0.454 e. The maximum Gasteiger partial charge on any atom is 0.231 e. The molecule has 0 saturated heterocycles. The van der Waals surface area contributed by atoms with Gasteiger partial charge in [0.1, 0.15) is 0 Å². The molecule has 0 amide bonds. The first-order valence-electron chi connectivity index (χ1n) is 7.19. The summed E-state index contributed by atoms with van der Waals surface area (Å²) in [5.74, 6) is 1.48. The van der Waals surface area contributed by atoms with E-state index in [4.69, 9.17) is 21.7 Å². The predicted octanol–water partition coefficient (Wildman–Crippen LogP) is 3.35. The van der Waals surface area contributed by atoms with Gasteiger partial charge in [-0.05, 0) is 61.5 Å². The molecule has 23 heavy (non-hydrogen) atoms. The van der Waals surface area contributed by atoms with Crippen molar-refractivity contribution in [2.24, 2.45) is 5.10 Å². The number of nitrogens with one attached hydrogen (secondary N) is 2. The molecule has 0 aliphatic carbocycles. The maximum absolute atomic E-state index is 5.33. The van der Waals surface area contributed by atoms with Gasteiger partial charge in [0.15, 0.2) is 16.6 Å². The van der Waals surface area contributed by atoms with Gasteiger partial charge in [-0.25, -0.2) is 0 Å². The Kier molecular flexibility index (Phi) is 4.43. The average Bonchev–Trinajstić information content (AvgIpc) is 2.98. The van der Waals surface area contributed by atoms with Gasteiger partial charge in [-0.15, -0.1) is 0 Å². The highest BCUT2D eigenvalue weighted by Crippen LogP contribution is 2.31. The van der Waals surface area contributed by atoms with Gasteiger partial charge >= 0.3 is 0 Å². The van der Waals surface area contributed by atoms with E-state index in [9.17, 15) is 0 Å². The van der Waals surface area contributed by atoms with Gasteiger partial charge in [-0.1, -0.05) is 17.7 Å². The van der Waals surface area contributed by atoms with Crippen LogP contribution in [0.1, 0.15) is 16.7 Å². The van der Waals surface area contributed by atoms with Crippen LogP contribution in [0.5, 0.6) is 11.5 Å². The van der Waals surface area contributed by atoms with Gasteiger partial charge in [0, 0.05) is 5.69 Å². The van der Waals surface area contributed by atoms with Crippen LogP contribution in [0.25, 0.3) is 0 Å². The Hall–Kier alpha value is -2.60. The Balaban J connectivity index is 1.58. The quantitative estimate of drug-likeness (QED) is 0.514. The summed E-state index contributed by atoms with van der Waals surface area (Å²) in [6.07, 6.45) is 1.68. The average molecular weight is 327 g/mol. The Morgan fingerprint density at radius 2 is 1.96 bits per heavy atom. The Labute approximate surface area is 140 Å². The first-order valence-corrected chi connectivity index (χ1v) is 7.59. The van der Waals surface area contributed by atoms with Gasteiger partial charge in [-0.3, -0.25) is 5.43 Å². The van der Waals surface area contributed by atoms with E-state index in [0.29, 0.717) is 5.11 Å². The van der Waals surface area contributed by atoms with Crippen molar-refractivity contribution in [2.75, 3.05) is 12.1 Å². The van der Waals surface area contributed by atoms with E-state index < -0.39 is 0 Å². The fraction of sp³-hybridized carbons (Fsp3) is 0.176. The second-order valence-electron chi connectivity index (χ2n) is 5.26. The van der Waals surface area contributed by atoms with Crippen molar-refractivity contribution in [1.82, 2.24) is 5.43 Å². The molecule has 5 nitrogen and oxygen atoms in total. The molecule has 2 N–H and O–H groups in total. The number of anilines is 1. The molecule has 6 heteroatoms. The number of aryl methyl sites for hydroxylation is 2. The SMILES string of the molecule is Cc1ccc(NC(=S)NN=Cc2ccc3c(c2)OCO3)c(C)c1. The highest BCUT2D eigenvalue weighted by atomic mass is 32.1. The molecular formula is C17H17N3O2S. The van der Waals surface area contributed by atoms with E-state index in [1.807, 2.05) is 37.3 Å². The fourth-order valence-electron chi connectivity index (χ4n) is 2.26. The van der Waals surface area contributed by atoms with Crippen molar-refractivity contribution in [1.29, 1.82) is 0 Å². The molecule has 0 saturated carbocycles. The molecule has 0 unspecified atom stereocenters. The van der Waals surface area contributed by atoms with Crippen molar-refractivity contribution in [2.45, 2.75) is 13.8 Å². The van der Waals surface area contributed by atoms with Crippen LogP contribution in [0.3, 0.4) is 0 Å². The molecule has 118 valence electrons. The molecule has 0 fully saturated rings. The van der Waals surface area contributed by atoms with Crippen molar-refractivity contribution >= 4 is 29.2 Å². The number of rotatable bonds is 3. The fourth-order valence-corrected chi connectivity index (χ4v) is 2.43. The lowest BCUT2D eigenvalue weighted by Gasteiger charge is -2.10. The standard InChI is InChI=1S/C17H17N3O2S/c1-11-3-5-14(12(2)7-11)19-17(23)20-18-9-13-4-6-15-16(8-13)22-10-21-15/h3-9H,10H2,1-2H3,(H2,19,20,23). The number of thiocarbonyl (C=S) groups is 1. The summed E-state index contributed by atoms with van der Waals surface area (Å²) < 4.78 is 10.6. The van der Waals surface area contributed by atoms with E-state index in [2.05, 4.69) is 28.8 Å². The number of hydrazone groups is 1. The molecule has 0 bridgehead atoms. The first-order chi connectivity index (χ1) is 11.1. The Morgan fingerprint density at radius 1 is 1.13 bits per heavy atom. The monoisotopic (exact) mass is 327 g/mol. The summed E-state index contributed by atoms with van der Waals surface area (Å²) in [6.45, 7) is 4.36. The third kappa shape index (κ3) is 3.78. The molecule has 0 atom stereocenters. The minimum Gasteiger partial charge on any atom is -0.454 e. The zero-order valence-corrected chi connectivity index (χ0v) is 13.7. The Morgan fingerprint density at radius 3 is 2.78 bits per heavy atom. The second kappa shape index (κ2) is 6.66. The predicted molar refractivity (Wildman–Crippen MR) is 95.4 cm³/mol. The minimum atomic E-state index is 0.262. The van der Waals surface area contributed by atoms with E-state index in [1.165, 1.54) is 5.56 Å². The van der Waals surface area contributed by atoms with E-state index in [0.717, 1.165) is 28.3 Å². The van der Waals surface area contributed by atoms with Crippen LogP contribution in [0, 0.1) is 13.8 Å². The molecule has 1 aliphatic rings. The molecule has 0 aromatic heterocycles. The van der Waals surface area contributed by atoms with E-state index >= 15 is 0 Å². The summed E-state index contributed by atoms with van der Waals surface area (Å²) in [5.41, 5.74) is 7.02. The smallest absolute Gasteiger partial charge is 0.231 e. The highest BCUT2D eigenvalue weighted by molar-refractivity contribution is 7.80. The topological polar surface area (TPSA) is 54.9 Å². The second-order valence-corrected chi connectivity index (χ2v) is 5.66. The van der Waals surface area contributed by atoms with Gasteiger partial charge in [-0.2, -0.15) is 5.10 Å². The highest BCUT2D eigenvalue weighted by Gasteiger charge is 2.12. The van der Waals surface area contributed by atoms with E-state index in [-0.39, 0.29) is 6.79 Å². The molecule has 1 aliphatic heterocycles. The van der Waals surface area contributed by atoms with Gasteiger partial charge in [0.05, 0.1) is 6.21 Å². The number of ether oxygens (including phenoxy) is 2. The lowest BCUT2D eigenvalue weighted by molar-refractivity contribution is 0.174. The lowest BCUT2D eigenvalue weighted by Crippen LogP contribution is -2.24. The third-order valence-corrected chi connectivity index (χ3v) is 3.60. The van der Waals surface area contributed by atoms with Crippen LogP contribution < -0.4 is 20.2 Å². The van der Waals surface area contributed by atoms with Crippen LogP contribution in [0.15, 0.2) is 41.5 Å². The normalized spacial score (nSPS) is 12.4. The van der Waals surface area contributed by atoms with Gasteiger partial charge < -0.3 is 14.8 Å². The zero-order valence-electron chi connectivity index (χ0n) is 12.9. The lowest BCUT2D eigenvalue weighted by atomic mass is 10.1. The molecule has 0 radical (unpaired) electrons. The van der Waals surface area contributed by atoms with Gasteiger partial charge in [0.25, 0.3) is 0 Å². The first kappa shape index (κ1) is 15.3. The summed E-state index contributed by atoms with van der Waals surface area (Å²) in [5, 5.41) is 7.70. The number of hydrogen-bond acceptors (Lipinski definition) is 4. The number of fused-ring (bicyclic) bond motifs is 1. The summed E-state index contributed by atoms with van der Waals surface area (Å²) in [7, 11) is 0. The number of hydrogen-bond donors (Lipinski definition) is 2.